The minimum absolute atomic E-state index is 0.00438. The van der Waals surface area contributed by atoms with E-state index in [4.69, 9.17) is 0 Å². The van der Waals surface area contributed by atoms with Crippen molar-refractivity contribution in [2.45, 2.75) is 57.0 Å². The standard InChI is InChI=1S/C15H21NO3S/c1-11-6-4-7-12(2)16(11)20(18,19)15-9-5-8-14(10-15)13(3)17/h5,8-12H,4,6-7H2,1-3H3/t11-,12+. The molecule has 1 aromatic rings. The zero-order valence-corrected chi connectivity index (χ0v) is 13.0. The molecular formula is C15H21NO3S. The van der Waals surface area contributed by atoms with Gasteiger partial charge in [0.25, 0.3) is 0 Å². The first-order chi connectivity index (χ1) is 9.34. The van der Waals surface area contributed by atoms with Gasteiger partial charge in [-0.1, -0.05) is 18.6 Å². The summed E-state index contributed by atoms with van der Waals surface area (Å²) in [6.07, 6.45) is 2.83. The number of rotatable bonds is 3. The number of hydrogen-bond acceptors (Lipinski definition) is 3. The molecule has 0 aromatic heterocycles. The molecule has 5 heteroatoms. The summed E-state index contributed by atoms with van der Waals surface area (Å²) in [5, 5.41) is 0. The molecule has 1 aromatic carbocycles. The number of ketones is 1. The Labute approximate surface area is 120 Å². The highest BCUT2D eigenvalue weighted by molar-refractivity contribution is 7.89. The number of carbonyl (C=O) groups excluding carboxylic acids is 1. The molecular weight excluding hydrogens is 274 g/mol. The summed E-state index contributed by atoms with van der Waals surface area (Å²) >= 11 is 0. The molecule has 0 aliphatic carbocycles. The monoisotopic (exact) mass is 295 g/mol. The topological polar surface area (TPSA) is 54.5 Å². The second kappa shape index (κ2) is 5.66. The van der Waals surface area contributed by atoms with E-state index in [9.17, 15) is 13.2 Å². The fourth-order valence-corrected chi connectivity index (χ4v) is 4.80. The summed E-state index contributed by atoms with van der Waals surface area (Å²) in [4.78, 5) is 11.6. The van der Waals surface area contributed by atoms with Crippen LogP contribution >= 0.6 is 0 Å². The van der Waals surface area contributed by atoms with Crippen LogP contribution in [0.15, 0.2) is 29.2 Å². The zero-order valence-electron chi connectivity index (χ0n) is 12.2. The summed E-state index contributed by atoms with van der Waals surface area (Å²) in [5.74, 6) is -0.123. The van der Waals surface area contributed by atoms with E-state index in [1.54, 1.807) is 22.5 Å². The Morgan fingerprint density at radius 1 is 1.20 bits per heavy atom. The molecule has 0 bridgehead atoms. The van der Waals surface area contributed by atoms with Crippen LogP contribution in [0, 0.1) is 0 Å². The van der Waals surface area contributed by atoms with Crippen LogP contribution in [0.1, 0.15) is 50.4 Å². The Bertz CT molecular complexity index is 599. The van der Waals surface area contributed by atoms with Crippen molar-refractivity contribution in [2.75, 3.05) is 0 Å². The van der Waals surface area contributed by atoms with Gasteiger partial charge in [-0.2, -0.15) is 4.31 Å². The summed E-state index contributed by atoms with van der Waals surface area (Å²) in [7, 11) is -3.54. The Morgan fingerprint density at radius 2 is 1.80 bits per heavy atom. The van der Waals surface area contributed by atoms with Gasteiger partial charge >= 0.3 is 0 Å². The van der Waals surface area contributed by atoms with Gasteiger partial charge in [-0.15, -0.1) is 0 Å². The number of sulfonamides is 1. The quantitative estimate of drug-likeness (QED) is 0.806. The van der Waals surface area contributed by atoms with E-state index in [-0.39, 0.29) is 22.8 Å². The molecule has 1 heterocycles. The highest BCUT2D eigenvalue weighted by Gasteiger charge is 2.35. The minimum Gasteiger partial charge on any atom is -0.295 e. The summed E-state index contributed by atoms with van der Waals surface area (Å²) in [5.41, 5.74) is 0.434. The SMILES string of the molecule is CC(=O)c1cccc(S(=O)(=O)N2[C@H](C)CCC[C@@H]2C)c1. The number of piperidine rings is 1. The molecule has 0 radical (unpaired) electrons. The third kappa shape index (κ3) is 2.79. The normalized spacial score (nSPS) is 24.6. The number of benzene rings is 1. The van der Waals surface area contributed by atoms with Crippen molar-refractivity contribution < 1.29 is 13.2 Å². The van der Waals surface area contributed by atoms with Gasteiger partial charge in [-0.25, -0.2) is 8.42 Å². The number of Topliss-reactive ketones (excluding diaryl/α,β-unsaturated/α-hetero) is 1. The van der Waals surface area contributed by atoms with E-state index in [0.717, 1.165) is 19.3 Å². The summed E-state index contributed by atoms with van der Waals surface area (Å²) < 4.78 is 27.2. The first kappa shape index (κ1) is 15.2. The molecule has 20 heavy (non-hydrogen) atoms. The molecule has 1 aliphatic heterocycles. The molecule has 4 nitrogen and oxygen atoms in total. The van der Waals surface area contributed by atoms with E-state index < -0.39 is 10.0 Å². The largest absolute Gasteiger partial charge is 0.295 e. The van der Waals surface area contributed by atoms with E-state index >= 15 is 0 Å². The Hall–Kier alpha value is -1.20. The molecule has 1 saturated heterocycles. The fraction of sp³-hybridized carbons (Fsp3) is 0.533. The molecule has 0 amide bonds. The first-order valence-electron chi connectivity index (χ1n) is 6.98. The lowest BCUT2D eigenvalue weighted by molar-refractivity contribution is 0.101. The van der Waals surface area contributed by atoms with Crippen LogP contribution in [-0.4, -0.2) is 30.6 Å². The molecule has 2 atom stereocenters. The fourth-order valence-electron chi connectivity index (χ4n) is 2.87. The van der Waals surface area contributed by atoms with Crippen LogP contribution in [0.5, 0.6) is 0 Å². The third-order valence-electron chi connectivity index (χ3n) is 3.93. The van der Waals surface area contributed by atoms with Crippen LogP contribution in [0.4, 0.5) is 0 Å². The summed E-state index contributed by atoms with van der Waals surface area (Å²) in [6, 6.07) is 6.32. The van der Waals surface area contributed by atoms with Gasteiger partial charge in [0.2, 0.25) is 10.0 Å². The number of hydrogen-bond donors (Lipinski definition) is 0. The van der Waals surface area contributed by atoms with E-state index in [2.05, 4.69) is 0 Å². The maximum absolute atomic E-state index is 12.8. The van der Waals surface area contributed by atoms with Crippen LogP contribution < -0.4 is 0 Å². The van der Waals surface area contributed by atoms with E-state index in [1.807, 2.05) is 13.8 Å². The second-order valence-corrected chi connectivity index (χ2v) is 7.39. The van der Waals surface area contributed by atoms with Gasteiger partial charge in [0, 0.05) is 17.6 Å². The Morgan fingerprint density at radius 3 is 2.35 bits per heavy atom. The van der Waals surface area contributed by atoms with Gasteiger partial charge in [-0.05, 0) is 45.7 Å². The lowest BCUT2D eigenvalue weighted by Gasteiger charge is -2.37. The second-order valence-electron chi connectivity index (χ2n) is 5.55. The average Bonchev–Trinajstić information content (AvgIpc) is 2.38. The molecule has 110 valence electrons. The van der Waals surface area contributed by atoms with Crippen LogP contribution in [0.3, 0.4) is 0 Å². The number of nitrogens with zero attached hydrogens (tertiary/aromatic N) is 1. The predicted molar refractivity (Wildman–Crippen MR) is 78.2 cm³/mol. The van der Waals surface area contributed by atoms with Crippen LogP contribution in [0.25, 0.3) is 0 Å². The lowest BCUT2D eigenvalue weighted by Crippen LogP contribution is -2.47. The Kier molecular flexibility index (Phi) is 4.30. The third-order valence-corrected chi connectivity index (χ3v) is 6.05. The van der Waals surface area contributed by atoms with Crippen molar-refractivity contribution in [3.05, 3.63) is 29.8 Å². The van der Waals surface area contributed by atoms with E-state index in [1.165, 1.54) is 13.0 Å². The summed E-state index contributed by atoms with van der Waals surface area (Å²) in [6.45, 7) is 5.34. The van der Waals surface area contributed by atoms with Crippen molar-refractivity contribution in [3.63, 3.8) is 0 Å². The van der Waals surface area contributed by atoms with Gasteiger partial charge in [0.1, 0.15) is 0 Å². The highest BCUT2D eigenvalue weighted by atomic mass is 32.2. The van der Waals surface area contributed by atoms with Crippen molar-refractivity contribution in [2.24, 2.45) is 0 Å². The molecule has 1 aliphatic rings. The smallest absolute Gasteiger partial charge is 0.243 e. The van der Waals surface area contributed by atoms with Gasteiger partial charge in [0.15, 0.2) is 5.78 Å². The molecule has 0 unspecified atom stereocenters. The van der Waals surface area contributed by atoms with Crippen LogP contribution in [-0.2, 0) is 10.0 Å². The average molecular weight is 295 g/mol. The Balaban J connectivity index is 2.44. The molecule has 0 saturated carbocycles. The predicted octanol–water partition coefficient (Wildman–Crippen LogP) is 2.84. The first-order valence-corrected chi connectivity index (χ1v) is 8.42. The van der Waals surface area contributed by atoms with Gasteiger partial charge in [0.05, 0.1) is 4.90 Å². The zero-order chi connectivity index (χ0) is 14.9. The molecule has 0 N–H and O–H groups in total. The van der Waals surface area contributed by atoms with Gasteiger partial charge < -0.3 is 0 Å². The molecule has 2 rings (SSSR count). The maximum Gasteiger partial charge on any atom is 0.243 e. The molecule has 1 fully saturated rings. The molecule has 0 spiro atoms. The number of carbonyl (C=O) groups is 1. The van der Waals surface area contributed by atoms with Crippen molar-refractivity contribution in [3.8, 4) is 0 Å². The maximum atomic E-state index is 12.8. The lowest BCUT2D eigenvalue weighted by atomic mass is 10.0. The van der Waals surface area contributed by atoms with E-state index in [0.29, 0.717) is 5.56 Å². The minimum atomic E-state index is -3.54. The van der Waals surface area contributed by atoms with Crippen molar-refractivity contribution in [1.29, 1.82) is 0 Å². The van der Waals surface area contributed by atoms with Crippen molar-refractivity contribution >= 4 is 15.8 Å². The van der Waals surface area contributed by atoms with Crippen molar-refractivity contribution in [1.82, 2.24) is 4.31 Å². The van der Waals surface area contributed by atoms with Crippen LogP contribution in [0.2, 0.25) is 0 Å². The van der Waals surface area contributed by atoms with Gasteiger partial charge in [-0.3, -0.25) is 4.79 Å². The highest BCUT2D eigenvalue weighted by Crippen LogP contribution is 2.29.